The smallest absolute Gasteiger partial charge is 0.255 e. The number of hydrogen-bond donors (Lipinski definition) is 3. The molecule has 0 fully saturated rings. The number of nitrogens with two attached hydrogens (primary N) is 1. The van der Waals surface area contributed by atoms with Crippen LogP contribution in [-0.4, -0.2) is 37.1 Å². The quantitative estimate of drug-likeness (QED) is 0.392. The Morgan fingerprint density at radius 3 is 2.81 bits per heavy atom. The number of aromatic nitrogens is 4. The van der Waals surface area contributed by atoms with Crippen molar-refractivity contribution < 1.29 is 14.3 Å². The van der Waals surface area contributed by atoms with Crippen molar-refractivity contribution in [3.05, 3.63) is 75.9 Å². The average Bonchev–Trinajstić information content (AvgIpc) is 3.13. The molecule has 0 aliphatic carbocycles. The average molecular weight is 475 g/mol. The first kappa shape index (κ1) is 21.9. The van der Waals surface area contributed by atoms with Crippen molar-refractivity contribution in [1.29, 1.82) is 0 Å². The Labute approximate surface area is 191 Å². The number of rotatable bonds is 6. The van der Waals surface area contributed by atoms with E-state index >= 15 is 4.39 Å². The van der Waals surface area contributed by atoms with Gasteiger partial charge in [0.2, 0.25) is 5.95 Å². The van der Waals surface area contributed by atoms with Crippen LogP contribution in [0.5, 0.6) is 0 Å². The highest BCUT2D eigenvalue weighted by molar-refractivity contribution is 6.34. The molecule has 8 nitrogen and oxygen atoms in total. The number of nitrogens with one attached hydrogen (secondary N) is 1. The van der Waals surface area contributed by atoms with Gasteiger partial charge in [-0.05, 0) is 48.4 Å². The number of pyridine rings is 2. The molecule has 0 bridgehead atoms. The Kier molecular flexibility index (Phi) is 6.22. The third kappa shape index (κ3) is 4.50. The molecule has 0 aliphatic rings. The number of hydrogen-bond acceptors (Lipinski definition) is 6. The Balaban J connectivity index is 1.51. The van der Waals surface area contributed by atoms with Crippen LogP contribution >= 0.6 is 23.2 Å². The molecule has 1 aromatic carbocycles. The molecule has 4 N–H and O–H groups in total. The van der Waals surface area contributed by atoms with Crippen LogP contribution in [0.15, 0.2) is 48.8 Å². The molecule has 0 saturated carbocycles. The molecule has 0 spiro atoms. The van der Waals surface area contributed by atoms with Gasteiger partial charge in [0.05, 0.1) is 27.4 Å². The van der Waals surface area contributed by atoms with E-state index in [-0.39, 0.29) is 35.1 Å². The molecule has 32 heavy (non-hydrogen) atoms. The number of carbonyl (C=O) groups is 1. The lowest BCUT2D eigenvalue weighted by molar-refractivity contribution is 0.0938. The van der Waals surface area contributed by atoms with Crippen molar-refractivity contribution in [2.45, 2.75) is 12.5 Å². The molecule has 0 radical (unpaired) electrons. The first-order valence-corrected chi connectivity index (χ1v) is 10.3. The maximum absolute atomic E-state index is 15.3. The summed E-state index contributed by atoms with van der Waals surface area (Å²) in [6.07, 6.45) is 2.27. The number of fused-ring (bicyclic) bond motifs is 1. The second-order valence-corrected chi connectivity index (χ2v) is 7.78. The Morgan fingerprint density at radius 2 is 2.06 bits per heavy atom. The van der Waals surface area contributed by atoms with E-state index in [9.17, 15) is 9.90 Å². The minimum atomic E-state index is -0.915. The van der Waals surface area contributed by atoms with Crippen molar-refractivity contribution in [3.63, 3.8) is 0 Å². The van der Waals surface area contributed by atoms with Gasteiger partial charge in [-0.1, -0.05) is 23.2 Å². The number of carbonyl (C=O) groups excluding carboxylic acids is 1. The summed E-state index contributed by atoms with van der Waals surface area (Å²) in [6, 6.07) is 9.36. The fourth-order valence-electron chi connectivity index (χ4n) is 3.19. The molecule has 4 rings (SSSR count). The monoisotopic (exact) mass is 474 g/mol. The van der Waals surface area contributed by atoms with E-state index in [1.165, 1.54) is 22.8 Å². The molecule has 3 heterocycles. The molecule has 11 heteroatoms. The van der Waals surface area contributed by atoms with Crippen LogP contribution in [0.1, 0.15) is 28.6 Å². The van der Waals surface area contributed by atoms with Crippen LogP contribution in [0, 0.1) is 5.82 Å². The fourth-order valence-corrected chi connectivity index (χ4v) is 3.54. The van der Waals surface area contributed by atoms with Crippen molar-refractivity contribution in [2.24, 2.45) is 0 Å². The number of aliphatic hydroxyl groups is 1. The molecule has 164 valence electrons. The summed E-state index contributed by atoms with van der Waals surface area (Å²) in [7, 11) is 0. The zero-order valence-electron chi connectivity index (χ0n) is 16.5. The number of halogens is 3. The predicted molar refractivity (Wildman–Crippen MR) is 119 cm³/mol. The lowest BCUT2D eigenvalue weighted by Gasteiger charge is -2.13. The molecular formula is C21H17Cl2FN6O2. The minimum absolute atomic E-state index is 0.0310. The highest BCUT2D eigenvalue weighted by Gasteiger charge is 2.21. The van der Waals surface area contributed by atoms with Gasteiger partial charge in [-0.2, -0.15) is 4.98 Å². The summed E-state index contributed by atoms with van der Waals surface area (Å²) in [5.41, 5.74) is 6.81. The third-order valence-electron chi connectivity index (χ3n) is 4.78. The molecule has 0 aliphatic heterocycles. The third-order valence-corrected chi connectivity index (χ3v) is 5.32. The van der Waals surface area contributed by atoms with Gasteiger partial charge in [-0.25, -0.2) is 8.91 Å². The van der Waals surface area contributed by atoms with Crippen LogP contribution in [-0.2, 0) is 0 Å². The fraction of sp³-hybridized carbons (Fsp3) is 0.143. The molecule has 4 aromatic rings. The summed E-state index contributed by atoms with van der Waals surface area (Å²) in [5, 5.41) is 17.2. The highest BCUT2D eigenvalue weighted by Crippen LogP contribution is 2.30. The van der Waals surface area contributed by atoms with Crippen molar-refractivity contribution in [1.82, 2.24) is 24.9 Å². The van der Waals surface area contributed by atoms with E-state index in [0.717, 1.165) is 0 Å². The number of anilines is 1. The summed E-state index contributed by atoms with van der Waals surface area (Å²) < 4.78 is 16.7. The Morgan fingerprint density at radius 1 is 1.25 bits per heavy atom. The standard InChI is InChI=1S/C21H17Cl2FN6O2/c22-12-1-4-15(27-10-12)16(31)5-7-26-20(32)18-14(23)3-2-13(19(18)24)11-6-8-30-17(9-11)28-21(25)29-30/h1-4,6,8-10,16,31H,5,7H2,(H2,25,29)(H,26,32)/t16-/m0/s1. The van der Waals surface area contributed by atoms with Gasteiger partial charge >= 0.3 is 0 Å². The van der Waals surface area contributed by atoms with E-state index in [2.05, 4.69) is 20.4 Å². The Hall–Kier alpha value is -3.27. The van der Waals surface area contributed by atoms with Crippen LogP contribution in [0.25, 0.3) is 16.8 Å². The number of nitrogen functional groups attached to an aromatic ring is 1. The van der Waals surface area contributed by atoms with E-state index < -0.39 is 17.8 Å². The zero-order valence-corrected chi connectivity index (χ0v) is 18.0. The van der Waals surface area contributed by atoms with E-state index in [0.29, 0.717) is 21.9 Å². The molecule has 0 unspecified atom stereocenters. The lowest BCUT2D eigenvalue weighted by atomic mass is 10.0. The molecular weight excluding hydrogens is 458 g/mol. The first-order valence-electron chi connectivity index (χ1n) is 9.51. The highest BCUT2D eigenvalue weighted by atomic mass is 35.5. The molecule has 1 atom stereocenters. The Bertz CT molecular complexity index is 1300. The largest absolute Gasteiger partial charge is 0.387 e. The lowest BCUT2D eigenvalue weighted by Crippen LogP contribution is -2.27. The van der Waals surface area contributed by atoms with Gasteiger partial charge in [-0.15, -0.1) is 5.10 Å². The van der Waals surface area contributed by atoms with E-state index in [4.69, 9.17) is 28.9 Å². The number of nitrogens with zero attached hydrogens (tertiary/aromatic N) is 4. The van der Waals surface area contributed by atoms with Gasteiger partial charge in [0, 0.05) is 24.5 Å². The predicted octanol–water partition coefficient (Wildman–Crippen LogP) is 3.67. The summed E-state index contributed by atoms with van der Waals surface area (Å²) >= 11 is 11.9. The topological polar surface area (TPSA) is 118 Å². The maximum Gasteiger partial charge on any atom is 0.255 e. The van der Waals surface area contributed by atoms with Gasteiger partial charge in [0.15, 0.2) is 5.65 Å². The zero-order chi connectivity index (χ0) is 22.8. The van der Waals surface area contributed by atoms with Gasteiger partial charge < -0.3 is 16.2 Å². The second kappa shape index (κ2) is 9.07. The number of amides is 1. The second-order valence-electron chi connectivity index (χ2n) is 6.93. The molecule has 0 saturated heterocycles. The van der Waals surface area contributed by atoms with Crippen LogP contribution < -0.4 is 11.1 Å². The minimum Gasteiger partial charge on any atom is -0.387 e. The van der Waals surface area contributed by atoms with Crippen molar-refractivity contribution >= 4 is 40.7 Å². The number of aliphatic hydroxyl groups excluding tert-OH is 1. The van der Waals surface area contributed by atoms with Crippen LogP contribution in [0.3, 0.4) is 0 Å². The number of benzene rings is 1. The maximum atomic E-state index is 15.3. The molecule has 1 amide bonds. The van der Waals surface area contributed by atoms with Crippen LogP contribution in [0.2, 0.25) is 10.0 Å². The SMILES string of the molecule is Nc1nc2cc(-c3ccc(Cl)c(C(=O)NCC[C@H](O)c4ccc(Cl)cn4)c3F)ccn2n1. The summed E-state index contributed by atoms with van der Waals surface area (Å²) in [6.45, 7) is 0.0787. The van der Waals surface area contributed by atoms with Gasteiger partial charge in [0.25, 0.3) is 5.91 Å². The summed E-state index contributed by atoms with van der Waals surface area (Å²) in [5.74, 6) is -1.38. The van der Waals surface area contributed by atoms with E-state index in [1.54, 1.807) is 30.5 Å². The van der Waals surface area contributed by atoms with Gasteiger partial charge in [-0.3, -0.25) is 9.78 Å². The summed E-state index contributed by atoms with van der Waals surface area (Å²) in [4.78, 5) is 20.7. The van der Waals surface area contributed by atoms with Crippen molar-refractivity contribution in [2.75, 3.05) is 12.3 Å². The van der Waals surface area contributed by atoms with Crippen LogP contribution in [0.4, 0.5) is 10.3 Å². The van der Waals surface area contributed by atoms with Crippen molar-refractivity contribution in [3.8, 4) is 11.1 Å². The first-order chi connectivity index (χ1) is 15.3. The normalized spacial score (nSPS) is 12.1. The van der Waals surface area contributed by atoms with Gasteiger partial charge in [0.1, 0.15) is 5.82 Å². The van der Waals surface area contributed by atoms with E-state index in [1.807, 2.05) is 0 Å². The molecule has 3 aromatic heterocycles.